The quantitative estimate of drug-likeness (QED) is 0.597. The van der Waals surface area contributed by atoms with E-state index >= 15 is 0 Å². The number of halogens is 1. The second-order valence-electron chi connectivity index (χ2n) is 4.15. The van der Waals surface area contributed by atoms with Crippen LogP contribution in [0.5, 0.6) is 0 Å². The number of aromatic nitrogens is 4. The van der Waals surface area contributed by atoms with Crippen molar-refractivity contribution in [1.82, 2.24) is 19.9 Å². The van der Waals surface area contributed by atoms with Gasteiger partial charge >= 0.3 is 0 Å². The highest BCUT2D eigenvalue weighted by Gasteiger charge is 2.08. The van der Waals surface area contributed by atoms with Gasteiger partial charge in [-0.1, -0.05) is 24.3 Å². The highest BCUT2D eigenvalue weighted by molar-refractivity contribution is 7.71. The standard InChI is InChI=1S/C14H10FN5S/c15-11-6-2-1-5-10(11)9-17-20-13(18-19-14(20)21)12-7-3-4-8-16-12/h1-9H,(H,19,21)/b17-9+. The summed E-state index contributed by atoms with van der Waals surface area (Å²) < 4.78 is 15.3. The third-order valence-electron chi connectivity index (χ3n) is 2.76. The number of benzene rings is 1. The molecule has 0 radical (unpaired) electrons. The van der Waals surface area contributed by atoms with Gasteiger partial charge in [0.1, 0.15) is 11.5 Å². The monoisotopic (exact) mass is 299 g/mol. The van der Waals surface area contributed by atoms with Gasteiger partial charge in [-0.25, -0.2) is 9.49 Å². The van der Waals surface area contributed by atoms with E-state index in [-0.39, 0.29) is 5.82 Å². The lowest BCUT2D eigenvalue weighted by Crippen LogP contribution is -1.97. The molecule has 0 atom stereocenters. The molecule has 5 nitrogen and oxygen atoms in total. The van der Waals surface area contributed by atoms with Gasteiger partial charge in [-0.15, -0.1) is 0 Å². The Hall–Kier alpha value is -2.67. The lowest BCUT2D eigenvalue weighted by molar-refractivity contribution is 0.625. The van der Waals surface area contributed by atoms with Crippen LogP contribution in [0.1, 0.15) is 5.56 Å². The number of H-pyrrole nitrogens is 1. The van der Waals surface area contributed by atoms with Gasteiger partial charge < -0.3 is 0 Å². The molecule has 0 spiro atoms. The molecule has 1 aromatic carbocycles. The van der Waals surface area contributed by atoms with Crippen LogP contribution in [0.15, 0.2) is 53.8 Å². The SMILES string of the molecule is Fc1ccccc1/C=N/n1c(-c2ccccn2)n[nH]c1=S. The maximum atomic E-state index is 13.6. The number of hydrogen-bond acceptors (Lipinski definition) is 4. The van der Waals surface area contributed by atoms with Crippen molar-refractivity contribution in [2.45, 2.75) is 0 Å². The number of pyridine rings is 1. The van der Waals surface area contributed by atoms with Crippen LogP contribution >= 0.6 is 12.2 Å². The summed E-state index contributed by atoms with van der Waals surface area (Å²) in [6.07, 6.45) is 3.05. The van der Waals surface area contributed by atoms with E-state index in [9.17, 15) is 4.39 Å². The van der Waals surface area contributed by atoms with Gasteiger partial charge in [0.05, 0.1) is 6.21 Å². The zero-order valence-electron chi connectivity index (χ0n) is 10.8. The molecule has 1 N–H and O–H groups in total. The largest absolute Gasteiger partial charge is 0.253 e. The van der Waals surface area contributed by atoms with Crippen molar-refractivity contribution in [3.05, 3.63) is 64.8 Å². The minimum atomic E-state index is -0.351. The molecule has 7 heteroatoms. The van der Waals surface area contributed by atoms with Gasteiger partial charge in [0.25, 0.3) is 0 Å². The molecule has 21 heavy (non-hydrogen) atoms. The van der Waals surface area contributed by atoms with E-state index in [0.29, 0.717) is 21.9 Å². The number of rotatable bonds is 3. The Labute approximate surface area is 124 Å². The minimum absolute atomic E-state index is 0.309. The first-order valence-electron chi connectivity index (χ1n) is 6.13. The minimum Gasteiger partial charge on any atom is -0.253 e. The summed E-state index contributed by atoms with van der Waals surface area (Å²) in [6, 6.07) is 11.8. The Kier molecular flexibility index (Phi) is 3.65. The Morgan fingerprint density at radius 3 is 2.76 bits per heavy atom. The Morgan fingerprint density at radius 1 is 1.19 bits per heavy atom. The van der Waals surface area contributed by atoms with Crippen molar-refractivity contribution >= 4 is 18.4 Å². The molecule has 3 aromatic rings. The zero-order chi connectivity index (χ0) is 14.7. The van der Waals surface area contributed by atoms with Crippen molar-refractivity contribution in [2.75, 3.05) is 0 Å². The molecule has 0 unspecified atom stereocenters. The van der Waals surface area contributed by atoms with Crippen LogP contribution in [-0.4, -0.2) is 26.1 Å². The van der Waals surface area contributed by atoms with Crippen LogP contribution in [0.4, 0.5) is 4.39 Å². The number of hydrogen-bond donors (Lipinski definition) is 1. The predicted molar refractivity (Wildman–Crippen MR) is 80.0 cm³/mol. The highest BCUT2D eigenvalue weighted by atomic mass is 32.1. The van der Waals surface area contributed by atoms with Crippen LogP contribution in [0.2, 0.25) is 0 Å². The molecule has 0 aliphatic rings. The van der Waals surface area contributed by atoms with Gasteiger partial charge in [0.2, 0.25) is 10.6 Å². The summed E-state index contributed by atoms with van der Waals surface area (Å²) in [5.74, 6) is 0.115. The fourth-order valence-corrected chi connectivity index (χ4v) is 1.94. The Balaban J connectivity index is 2.02. The van der Waals surface area contributed by atoms with Crippen molar-refractivity contribution in [2.24, 2.45) is 5.10 Å². The average molecular weight is 299 g/mol. The second-order valence-corrected chi connectivity index (χ2v) is 4.53. The summed E-state index contributed by atoms with van der Waals surface area (Å²) in [4.78, 5) is 4.20. The van der Waals surface area contributed by atoms with Gasteiger partial charge in [0, 0.05) is 11.8 Å². The molecule has 0 amide bonds. The van der Waals surface area contributed by atoms with E-state index < -0.39 is 0 Å². The molecule has 2 aromatic heterocycles. The Morgan fingerprint density at radius 2 is 2.00 bits per heavy atom. The van der Waals surface area contributed by atoms with Crippen molar-refractivity contribution in [3.8, 4) is 11.5 Å². The summed E-state index contributed by atoms with van der Waals surface area (Å²) in [6.45, 7) is 0. The van der Waals surface area contributed by atoms with Gasteiger partial charge in [-0.05, 0) is 30.4 Å². The van der Waals surface area contributed by atoms with Crippen LogP contribution in [0.25, 0.3) is 11.5 Å². The molecule has 2 heterocycles. The van der Waals surface area contributed by atoms with Gasteiger partial charge in [0.15, 0.2) is 0 Å². The van der Waals surface area contributed by atoms with Crippen LogP contribution in [-0.2, 0) is 0 Å². The fraction of sp³-hybridized carbons (Fsp3) is 0. The third-order valence-corrected chi connectivity index (χ3v) is 3.03. The highest BCUT2D eigenvalue weighted by Crippen LogP contribution is 2.13. The maximum Gasteiger partial charge on any atom is 0.216 e. The van der Waals surface area contributed by atoms with Crippen LogP contribution in [0.3, 0.4) is 0 Å². The van der Waals surface area contributed by atoms with Gasteiger partial charge in [-0.3, -0.25) is 4.98 Å². The van der Waals surface area contributed by atoms with E-state index in [4.69, 9.17) is 12.2 Å². The molecule has 3 rings (SSSR count). The first kappa shape index (κ1) is 13.3. The molecule has 104 valence electrons. The summed E-state index contributed by atoms with van der Waals surface area (Å²) >= 11 is 5.13. The van der Waals surface area contributed by atoms with Gasteiger partial charge in [-0.2, -0.15) is 14.9 Å². The van der Waals surface area contributed by atoms with Crippen molar-refractivity contribution in [3.63, 3.8) is 0 Å². The number of aromatic amines is 1. The number of nitrogens with one attached hydrogen (secondary N) is 1. The fourth-order valence-electron chi connectivity index (χ4n) is 1.76. The molecule has 0 saturated heterocycles. The van der Waals surface area contributed by atoms with Crippen LogP contribution in [0, 0.1) is 10.6 Å². The molecule has 0 fully saturated rings. The Bertz CT molecular complexity index is 838. The first-order chi connectivity index (χ1) is 10.3. The third kappa shape index (κ3) is 2.77. The average Bonchev–Trinajstić information content (AvgIpc) is 2.88. The second kappa shape index (κ2) is 5.76. The lowest BCUT2D eigenvalue weighted by Gasteiger charge is -2.00. The normalized spacial score (nSPS) is 11.1. The van der Waals surface area contributed by atoms with Crippen LogP contribution < -0.4 is 0 Å². The molecule has 0 aliphatic carbocycles. The van der Waals surface area contributed by atoms with E-state index in [1.165, 1.54) is 17.0 Å². The summed E-state index contributed by atoms with van der Waals surface area (Å²) in [5, 5.41) is 10.9. The van der Waals surface area contributed by atoms with Crippen molar-refractivity contribution in [1.29, 1.82) is 0 Å². The zero-order valence-corrected chi connectivity index (χ0v) is 11.6. The number of nitrogens with zero attached hydrogens (tertiary/aromatic N) is 4. The first-order valence-corrected chi connectivity index (χ1v) is 6.54. The lowest BCUT2D eigenvalue weighted by atomic mass is 10.2. The molecular formula is C14H10FN5S. The topological polar surface area (TPSA) is 58.9 Å². The van der Waals surface area contributed by atoms with Crippen molar-refractivity contribution < 1.29 is 4.39 Å². The van der Waals surface area contributed by atoms with E-state index in [2.05, 4.69) is 20.3 Å². The summed E-state index contributed by atoms with van der Waals surface area (Å²) in [7, 11) is 0. The molecule has 0 aliphatic heterocycles. The summed E-state index contributed by atoms with van der Waals surface area (Å²) in [5.41, 5.74) is 0.989. The maximum absolute atomic E-state index is 13.6. The van der Waals surface area contributed by atoms with E-state index in [1.54, 1.807) is 36.5 Å². The predicted octanol–water partition coefficient (Wildman–Crippen LogP) is 3.02. The smallest absolute Gasteiger partial charge is 0.216 e. The molecular weight excluding hydrogens is 289 g/mol. The van der Waals surface area contributed by atoms with E-state index in [1.807, 2.05) is 6.07 Å². The van der Waals surface area contributed by atoms with E-state index in [0.717, 1.165) is 0 Å². The molecule has 0 saturated carbocycles. The molecule has 0 bridgehead atoms.